The number of hydrogen-bond acceptors (Lipinski definition) is 2. The van der Waals surface area contributed by atoms with Gasteiger partial charge in [0.1, 0.15) is 0 Å². The Balaban J connectivity index is 3.48. The summed E-state index contributed by atoms with van der Waals surface area (Å²) >= 11 is 4.88. The molecule has 0 saturated carbocycles. The van der Waals surface area contributed by atoms with E-state index in [1.54, 1.807) is 0 Å². The van der Waals surface area contributed by atoms with Crippen LogP contribution in [-0.2, 0) is 9.59 Å². The first-order valence-corrected chi connectivity index (χ1v) is 2.58. The quantitative estimate of drug-likeness (QED) is 0.476. The summed E-state index contributed by atoms with van der Waals surface area (Å²) < 4.78 is 0. The first-order chi connectivity index (χ1) is 4.13. The lowest BCUT2D eigenvalue weighted by Crippen LogP contribution is -1.87. The number of hydrogen-bond donors (Lipinski definition) is 1. The molecule has 0 bridgehead atoms. The van der Waals surface area contributed by atoms with Gasteiger partial charge in [0.25, 0.3) is 0 Å². The highest BCUT2D eigenvalue weighted by Crippen LogP contribution is 1.88. The van der Waals surface area contributed by atoms with Crippen LogP contribution in [-0.4, -0.2) is 16.3 Å². The Morgan fingerprint density at radius 3 is 2.44 bits per heavy atom. The molecular weight excluding hydrogens is 144 g/mol. The van der Waals surface area contributed by atoms with E-state index in [2.05, 4.69) is 0 Å². The van der Waals surface area contributed by atoms with Gasteiger partial charge in [0.05, 0.1) is 0 Å². The van der Waals surface area contributed by atoms with Crippen molar-refractivity contribution in [2.75, 3.05) is 0 Å². The number of aliphatic carboxylic acids is 1. The minimum atomic E-state index is -1.08. The van der Waals surface area contributed by atoms with Gasteiger partial charge in [0.2, 0.25) is 5.24 Å². The Morgan fingerprint density at radius 2 is 2.11 bits per heavy atom. The standard InChI is InChI=1S/C5H5ClO3/c6-4(7)2-1-3-5(8)9/h1,3H,2H2,(H,8,9). The number of halogens is 1. The van der Waals surface area contributed by atoms with Crippen molar-refractivity contribution in [3.63, 3.8) is 0 Å². The molecule has 0 aromatic rings. The topological polar surface area (TPSA) is 54.4 Å². The van der Waals surface area contributed by atoms with Crippen molar-refractivity contribution >= 4 is 22.8 Å². The van der Waals surface area contributed by atoms with E-state index >= 15 is 0 Å². The van der Waals surface area contributed by atoms with E-state index in [9.17, 15) is 9.59 Å². The third-order valence-corrected chi connectivity index (χ3v) is 0.693. The average molecular weight is 149 g/mol. The van der Waals surface area contributed by atoms with Crippen molar-refractivity contribution in [1.82, 2.24) is 0 Å². The van der Waals surface area contributed by atoms with E-state index in [0.29, 0.717) is 0 Å². The maximum Gasteiger partial charge on any atom is 0.327 e. The summed E-state index contributed by atoms with van der Waals surface area (Å²) in [7, 11) is 0. The molecule has 0 aliphatic rings. The summed E-state index contributed by atoms with van der Waals surface area (Å²) in [6.07, 6.45) is 2.03. The molecule has 0 radical (unpaired) electrons. The maximum absolute atomic E-state index is 9.95. The van der Waals surface area contributed by atoms with Crippen molar-refractivity contribution in [2.45, 2.75) is 6.42 Å². The van der Waals surface area contributed by atoms with Gasteiger partial charge in [-0.3, -0.25) is 4.79 Å². The molecule has 0 heterocycles. The molecular formula is C5H5ClO3. The molecule has 0 spiro atoms. The average Bonchev–Trinajstić information content (AvgIpc) is 1.63. The number of carbonyl (C=O) groups excluding carboxylic acids is 1. The van der Waals surface area contributed by atoms with E-state index in [4.69, 9.17) is 16.7 Å². The van der Waals surface area contributed by atoms with Crippen molar-refractivity contribution in [2.24, 2.45) is 0 Å². The summed E-state index contributed by atoms with van der Waals surface area (Å²) in [6, 6.07) is 0. The molecule has 3 nitrogen and oxygen atoms in total. The van der Waals surface area contributed by atoms with E-state index in [1.165, 1.54) is 6.08 Å². The van der Waals surface area contributed by atoms with Gasteiger partial charge in [-0.2, -0.15) is 0 Å². The Labute approximate surface area is 56.9 Å². The Morgan fingerprint density at radius 1 is 1.56 bits per heavy atom. The Bertz CT molecular complexity index is 150. The molecule has 0 fully saturated rings. The second kappa shape index (κ2) is 4.09. The van der Waals surface area contributed by atoms with Gasteiger partial charge in [-0.05, 0) is 11.6 Å². The van der Waals surface area contributed by atoms with Crippen molar-refractivity contribution in [3.05, 3.63) is 12.2 Å². The molecule has 0 aliphatic heterocycles. The molecule has 0 aliphatic carbocycles. The van der Waals surface area contributed by atoms with Crippen LogP contribution in [0.1, 0.15) is 6.42 Å². The molecule has 1 N–H and O–H groups in total. The summed E-state index contributed by atoms with van der Waals surface area (Å²) in [5.41, 5.74) is 0. The van der Waals surface area contributed by atoms with Crippen LogP contribution in [0.2, 0.25) is 0 Å². The van der Waals surface area contributed by atoms with E-state index in [-0.39, 0.29) is 6.42 Å². The molecule has 50 valence electrons. The van der Waals surface area contributed by atoms with Gasteiger partial charge in [-0.1, -0.05) is 6.08 Å². The van der Waals surface area contributed by atoms with Gasteiger partial charge in [0, 0.05) is 12.5 Å². The smallest absolute Gasteiger partial charge is 0.327 e. The lowest BCUT2D eigenvalue weighted by molar-refractivity contribution is -0.131. The molecule has 4 heteroatoms. The molecule has 0 saturated heterocycles. The monoisotopic (exact) mass is 148 g/mol. The normalized spacial score (nSPS) is 9.89. The highest BCUT2D eigenvalue weighted by atomic mass is 35.5. The third kappa shape index (κ3) is 7.17. The Kier molecular flexibility index (Phi) is 3.71. The second-order valence-electron chi connectivity index (χ2n) is 1.30. The van der Waals surface area contributed by atoms with Crippen LogP contribution in [0.5, 0.6) is 0 Å². The van der Waals surface area contributed by atoms with Gasteiger partial charge < -0.3 is 5.11 Å². The highest BCUT2D eigenvalue weighted by Gasteiger charge is 1.90. The van der Waals surface area contributed by atoms with E-state index in [0.717, 1.165) is 6.08 Å². The lowest BCUT2D eigenvalue weighted by atomic mass is 10.4. The molecule has 0 aromatic carbocycles. The first kappa shape index (κ1) is 8.17. The zero-order valence-electron chi connectivity index (χ0n) is 4.50. The fraction of sp³-hybridized carbons (Fsp3) is 0.200. The minimum absolute atomic E-state index is 0.0339. The molecule has 0 rings (SSSR count). The van der Waals surface area contributed by atoms with Crippen molar-refractivity contribution < 1.29 is 14.7 Å². The SMILES string of the molecule is O=C(O)C=CCC(=O)Cl. The number of rotatable bonds is 3. The molecule has 0 atom stereocenters. The predicted octanol–water partition coefficient (Wildman–Crippen LogP) is 0.783. The Hall–Kier alpha value is -0.830. The maximum atomic E-state index is 9.95. The minimum Gasteiger partial charge on any atom is -0.478 e. The highest BCUT2D eigenvalue weighted by molar-refractivity contribution is 6.63. The third-order valence-electron chi connectivity index (χ3n) is 0.539. The van der Waals surface area contributed by atoms with Crippen molar-refractivity contribution in [1.29, 1.82) is 0 Å². The summed E-state index contributed by atoms with van der Waals surface area (Å²) in [5.74, 6) is -1.08. The van der Waals surface area contributed by atoms with Crippen LogP contribution in [0.25, 0.3) is 0 Å². The first-order valence-electron chi connectivity index (χ1n) is 2.20. The molecule has 0 aromatic heterocycles. The van der Waals surface area contributed by atoms with E-state index < -0.39 is 11.2 Å². The van der Waals surface area contributed by atoms with Crippen LogP contribution >= 0.6 is 11.6 Å². The summed E-state index contributed by atoms with van der Waals surface area (Å²) in [6.45, 7) is 0. The summed E-state index contributed by atoms with van der Waals surface area (Å²) in [4.78, 5) is 19.7. The zero-order valence-corrected chi connectivity index (χ0v) is 5.26. The fourth-order valence-electron chi connectivity index (χ4n) is 0.252. The molecule has 0 amide bonds. The van der Waals surface area contributed by atoms with Crippen LogP contribution in [0, 0.1) is 0 Å². The van der Waals surface area contributed by atoms with Crippen LogP contribution in [0.4, 0.5) is 0 Å². The largest absolute Gasteiger partial charge is 0.478 e. The fourth-order valence-corrected chi connectivity index (χ4v) is 0.341. The molecule has 0 unspecified atom stereocenters. The second-order valence-corrected chi connectivity index (χ2v) is 1.72. The molecule has 9 heavy (non-hydrogen) atoms. The summed E-state index contributed by atoms with van der Waals surface area (Å²) in [5, 5.41) is 7.42. The van der Waals surface area contributed by atoms with Gasteiger partial charge in [-0.25, -0.2) is 4.79 Å². The number of carboxylic acids is 1. The van der Waals surface area contributed by atoms with Crippen LogP contribution < -0.4 is 0 Å². The van der Waals surface area contributed by atoms with E-state index in [1.807, 2.05) is 0 Å². The number of carboxylic acid groups (broad SMARTS) is 1. The van der Waals surface area contributed by atoms with Crippen LogP contribution in [0.15, 0.2) is 12.2 Å². The zero-order chi connectivity index (χ0) is 7.28. The number of allylic oxidation sites excluding steroid dienone is 1. The predicted molar refractivity (Wildman–Crippen MR) is 32.3 cm³/mol. The lowest BCUT2D eigenvalue weighted by Gasteiger charge is -1.78. The van der Waals surface area contributed by atoms with Crippen LogP contribution in [0.3, 0.4) is 0 Å². The van der Waals surface area contributed by atoms with Gasteiger partial charge >= 0.3 is 5.97 Å². The van der Waals surface area contributed by atoms with Gasteiger partial charge in [-0.15, -0.1) is 0 Å². The number of carbonyl (C=O) groups is 2. The van der Waals surface area contributed by atoms with Crippen molar-refractivity contribution in [3.8, 4) is 0 Å². The van der Waals surface area contributed by atoms with Gasteiger partial charge in [0.15, 0.2) is 0 Å².